The summed E-state index contributed by atoms with van der Waals surface area (Å²) >= 11 is 0. The Balaban J connectivity index is 1.49. The van der Waals surface area contributed by atoms with Crippen molar-refractivity contribution in [1.29, 1.82) is 0 Å². The number of aromatic nitrogens is 1. The van der Waals surface area contributed by atoms with Crippen LogP contribution in [0.1, 0.15) is 22.7 Å². The number of anilines is 1. The fraction of sp³-hybridized carbons (Fsp3) is 0.108. The molecule has 5 heteroatoms. The van der Waals surface area contributed by atoms with E-state index in [0.29, 0.717) is 11.3 Å². The minimum Gasteiger partial charge on any atom is -0.505 e. The Morgan fingerprint density at radius 2 is 1.45 bits per heavy atom. The van der Waals surface area contributed by atoms with E-state index in [9.17, 15) is 9.90 Å². The van der Waals surface area contributed by atoms with Gasteiger partial charge in [-0.1, -0.05) is 84.9 Å². The third-order valence-electron chi connectivity index (χ3n) is 8.32. The van der Waals surface area contributed by atoms with Crippen molar-refractivity contribution < 1.29 is 9.90 Å². The first-order valence-corrected chi connectivity index (χ1v) is 14.2. The topological polar surface area (TPSA) is 48.2 Å². The molecule has 0 spiro atoms. The lowest BCUT2D eigenvalue weighted by Crippen LogP contribution is -2.38. The maximum Gasteiger partial charge on any atom is 0.189 e. The van der Waals surface area contributed by atoms with Crippen molar-refractivity contribution in [2.45, 2.75) is 12.0 Å². The van der Waals surface area contributed by atoms with Crippen molar-refractivity contribution in [2.75, 3.05) is 19.0 Å². The molecular weight excluding hydrogens is 518 g/mol. The van der Waals surface area contributed by atoms with Crippen LogP contribution in [0.4, 0.5) is 5.69 Å². The number of hydrogen-bond acceptors (Lipinski definition) is 4. The van der Waals surface area contributed by atoms with Gasteiger partial charge in [0.05, 0.1) is 28.4 Å². The molecule has 0 saturated carbocycles. The Morgan fingerprint density at radius 3 is 2.14 bits per heavy atom. The summed E-state index contributed by atoms with van der Waals surface area (Å²) in [4.78, 5) is 18.8. The van der Waals surface area contributed by atoms with Gasteiger partial charge < -0.3 is 19.3 Å². The van der Waals surface area contributed by atoms with Crippen LogP contribution in [0.5, 0.6) is 5.75 Å². The third kappa shape index (κ3) is 4.05. The van der Waals surface area contributed by atoms with Gasteiger partial charge in [0.15, 0.2) is 5.78 Å². The molecule has 2 aliphatic heterocycles. The number of ketones is 1. The van der Waals surface area contributed by atoms with Crippen LogP contribution in [0.25, 0.3) is 22.2 Å². The van der Waals surface area contributed by atoms with Crippen molar-refractivity contribution in [3.63, 3.8) is 0 Å². The molecule has 0 saturated heterocycles. The van der Waals surface area contributed by atoms with Crippen LogP contribution in [-0.2, 0) is 4.79 Å². The first-order chi connectivity index (χ1) is 20.5. The van der Waals surface area contributed by atoms with E-state index in [1.807, 2.05) is 124 Å². The Kier molecular flexibility index (Phi) is 6.28. The van der Waals surface area contributed by atoms with Crippen LogP contribution in [0.15, 0.2) is 139 Å². The summed E-state index contributed by atoms with van der Waals surface area (Å²) in [6.07, 6.45) is 9.92. The number of pyridine rings is 1. The molecule has 2 aromatic heterocycles. The molecule has 0 amide bonds. The van der Waals surface area contributed by atoms with E-state index >= 15 is 0 Å². The highest BCUT2D eigenvalue weighted by Crippen LogP contribution is 2.49. The average molecular weight is 550 g/mol. The normalized spacial score (nSPS) is 16.8. The van der Waals surface area contributed by atoms with Crippen molar-refractivity contribution in [2.24, 2.45) is 0 Å². The molecule has 0 bridgehead atoms. The van der Waals surface area contributed by atoms with E-state index in [1.165, 1.54) is 0 Å². The van der Waals surface area contributed by atoms with Gasteiger partial charge in [-0.2, -0.15) is 0 Å². The van der Waals surface area contributed by atoms with Gasteiger partial charge in [0.1, 0.15) is 11.8 Å². The number of aromatic hydroxyl groups is 1. The summed E-state index contributed by atoms with van der Waals surface area (Å²) in [5.74, 6) is -0.262. The number of allylic oxidation sites excluding steroid dienone is 3. The zero-order valence-electron chi connectivity index (χ0n) is 23.6. The summed E-state index contributed by atoms with van der Waals surface area (Å²) in [5.41, 5.74) is 7.74. The van der Waals surface area contributed by atoms with Crippen molar-refractivity contribution >= 4 is 22.6 Å². The largest absolute Gasteiger partial charge is 0.505 e. The van der Waals surface area contributed by atoms with Crippen LogP contribution < -0.4 is 4.90 Å². The SMILES string of the molecule is CN(C)c1ccc(C(c2c(O)c(-c3ccccc3)c3ccccn23)C2C(=O)C(c3ccccc3)=C3C=CC=CN32)cc1. The average Bonchev–Trinajstić information content (AvgIpc) is 3.49. The predicted molar refractivity (Wildman–Crippen MR) is 169 cm³/mol. The van der Waals surface area contributed by atoms with Gasteiger partial charge in [0, 0.05) is 37.7 Å². The Bertz CT molecular complexity index is 1880. The molecule has 7 rings (SSSR count). The summed E-state index contributed by atoms with van der Waals surface area (Å²) in [7, 11) is 4.03. The Labute approximate surface area is 245 Å². The summed E-state index contributed by atoms with van der Waals surface area (Å²) in [6.45, 7) is 0. The predicted octanol–water partition coefficient (Wildman–Crippen LogP) is 7.26. The summed E-state index contributed by atoms with van der Waals surface area (Å²) in [6, 6.07) is 33.5. The fourth-order valence-electron chi connectivity index (χ4n) is 6.39. The molecule has 0 fully saturated rings. The number of Topliss-reactive ketones (excluding diaryl/α,β-unsaturated/α-hetero) is 1. The highest BCUT2D eigenvalue weighted by molar-refractivity contribution is 6.27. The number of hydrogen-bond donors (Lipinski definition) is 1. The number of carbonyl (C=O) groups excluding carboxylic acids is 1. The van der Waals surface area contributed by atoms with Crippen LogP contribution in [0, 0.1) is 0 Å². The Morgan fingerprint density at radius 1 is 0.786 bits per heavy atom. The molecule has 0 radical (unpaired) electrons. The molecule has 0 aliphatic carbocycles. The molecule has 5 aromatic rings. The number of fused-ring (bicyclic) bond motifs is 2. The maximum atomic E-state index is 14.7. The van der Waals surface area contributed by atoms with E-state index in [2.05, 4.69) is 38.5 Å². The van der Waals surface area contributed by atoms with Gasteiger partial charge in [-0.15, -0.1) is 0 Å². The molecule has 2 aliphatic rings. The molecule has 2 unspecified atom stereocenters. The van der Waals surface area contributed by atoms with Gasteiger partial charge >= 0.3 is 0 Å². The highest BCUT2D eigenvalue weighted by atomic mass is 16.3. The van der Waals surface area contributed by atoms with Crippen LogP contribution >= 0.6 is 0 Å². The van der Waals surface area contributed by atoms with Gasteiger partial charge in [-0.3, -0.25) is 4.79 Å². The van der Waals surface area contributed by atoms with Gasteiger partial charge in [-0.05, 0) is 53.1 Å². The monoisotopic (exact) mass is 549 g/mol. The summed E-state index contributed by atoms with van der Waals surface area (Å²) in [5, 5.41) is 12.2. The molecule has 1 N–H and O–H groups in total. The number of rotatable bonds is 6. The van der Waals surface area contributed by atoms with Crippen LogP contribution in [-0.4, -0.2) is 40.3 Å². The molecule has 206 valence electrons. The van der Waals surface area contributed by atoms with Gasteiger partial charge in [-0.25, -0.2) is 0 Å². The van der Waals surface area contributed by atoms with Gasteiger partial charge in [0.25, 0.3) is 0 Å². The van der Waals surface area contributed by atoms with E-state index in [-0.39, 0.29) is 11.5 Å². The highest BCUT2D eigenvalue weighted by Gasteiger charge is 2.46. The quantitative estimate of drug-likeness (QED) is 0.242. The molecule has 2 atom stereocenters. The molecular formula is C37H31N3O2. The maximum absolute atomic E-state index is 14.7. The number of nitrogens with zero attached hydrogens (tertiary/aromatic N) is 3. The zero-order valence-corrected chi connectivity index (χ0v) is 23.6. The lowest BCUT2D eigenvalue weighted by atomic mass is 9.83. The van der Waals surface area contributed by atoms with Crippen molar-refractivity contribution in [3.05, 3.63) is 156 Å². The van der Waals surface area contributed by atoms with E-state index < -0.39 is 12.0 Å². The zero-order chi connectivity index (χ0) is 28.8. The molecule has 42 heavy (non-hydrogen) atoms. The molecule has 3 aromatic carbocycles. The van der Waals surface area contributed by atoms with E-state index in [1.54, 1.807) is 0 Å². The number of benzene rings is 3. The lowest BCUT2D eigenvalue weighted by molar-refractivity contribution is -0.116. The fourth-order valence-corrected chi connectivity index (χ4v) is 6.39. The smallest absolute Gasteiger partial charge is 0.189 e. The van der Waals surface area contributed by atoms with E-state index in [4.69, 9.17) is 0 Å². The van der Waals surface area contributed by atoms with Gasteiger partial charge in [0.2, 0.25) is 0 Å². The Hall–Kier alpha value is -5.29. The lowest BCUT2D eigenvalue weighted by Gasteiger charge is -2.32. The minimum atomic E-state index is -0.602. The number of carbonyl (C=O) groups is 1. The minimum absolute atomic E-state index is 0.0284. The molecule has 4 heterocycles. The summed E-state index contributed by atoms with van der Waals surface area (Å²) < 4.78 is 2.05. The van der Waals surface area contributed by atoms with Crippen molar-refractivity contribution in [1.82, 2.24) is 9.30 Å². The first-order valence-electron chi connectivity index (χ1n) is 14.2. The van der Waals surface area contributed by atoms with Crippen molar-refractivity contribution in [3.8, 4) is 16.9 Å². The van der Waals surface area contributed by atoms with Crippen LogP contribution in [0.3, 0.4) is 0 Å². The van der Waals surface area contributed by atoms with E-state index in [0.717, 1.165) is 39.2 Å². The second-order valence-electron chi connectivity index (χ2n) is 10.9. The van der Waals surface area contributed by atoms with Crippen LogP contribution in [0.2, 0.25) is 0 Å². The standard InChI is InChI=1S/C37H31N3O2/c1-38(2)28-21-19-27(20-22-28)33(34-36(41)31(25-13-5-3-6-14-25)29-17-9-11-23-39(29)34)35-37(42)32(26-15-7-4-8-16-26)30-18-10-12-24-40(30)35/h3-24,33-34,42H,1-2H3. The first kappa shape index (κ1) is 25.7. The third-order valence-corrected chi connectivity index (χ3v) is 8.32. The second kappa shape index (κ2) is 10.3. The second-order valence-corrected chi connectivity index (χ2v) is 10.9. The molecule has 5 nitrogen and oxygen atoms in total.